The summed E-state index contributed by atoms with van der Waals surface area (Å²) in [4.78, 5) is 2.49. The fourth-order valence-corrected chi connectivity index (χ4v) is 3.45. The lowest BCUT2D eigenvalue weighted by Crippen LogP contribution is -2.37. The standard InChI is InChI=1S/C17H27BrN2O/c1-3-8-19-11-15-6-7-16(10-17(15)18)20-9-4-5-14(12-20)13-21-2/h6-7,10,14,19H,3-5,8-9,11-13H2,1-2H3. The monoisotopic (exact) mass is 354 g/mol. The maximum atomic E-state index is 5.32. The van der Waals surface area contributed by atoms with Gasteiger partial charge in [0.15, 0.2) is 0 Å². The molecule has 1 atom stereocenters. The summed E-state index contributed by atoms with van der Waals surface area (Å²) in [5.41, 5.74) is 2.65. The van der Waals surface area contributed by atoms with Crippen molar-refractivity contribution in [1.82, 2.24) is 5.32 Å². The molecule has 3 nitrogen and oxygen atoms in total. The highest BCUT2D eigenvalue weighted by atomic mass is 79.9. The number of hydrogen-bond acceptors (Lipinski definition) is 3. The molecule has 1 N–H and O–H groups in total. The van der Waals surface area contributed by atoms with Crippen molar-refractivity contribution in [1.29, 1.82) is 0 Å². The molecule has 1 aliphatic rings. The highest BCUT2D eigenvalue weighted by molar-refractivity contribution is 9.10. The Hall–Kier alpha value is -0.580. The summed E-state index contributed by atoms with van der Waals surface area (Å²) in [6.07, 6.45) is 3.71. The minimum Gasteiger partial charge on any atom is -0.384 e. The Labute approximate surface area is 137 Å². The van der Waals surface area contributed by atoms with E-state index in [-0.39, 0.29) is 0 Å². The molecule has 21 heavy (non-hydrogen) atoms. The lowest BCUT2D eigenvalue weighted by molar-refractivity contribution is 0.143. The summed E-state index contributed by atoms with van der Waals surface area (Å²) < 4.78 is 6.53. The maximum absolute atomic E-state index is 5.32. The Morgan fingerprint density at radius 2 is 2.29 bits per heavy atom. The van der Waals surface area contributed by atoms with E-state index in [1.807, 2.05) is 0 Å². The van der Waals surface area contributed by atoms with Crippen LogP contribution in [0.15, 0.2) is 22.7 Å². The number of methoxy groups -OCH3 is 1. The summed E-state index contributed by atoms with van der Waals surface area (Å²) in [5.74, 6) is 0.661. The number of halogens is 1. The van der Waals surface area contributed by atoms with Gasteiger partial charge in [0.2, 0.25) is 0 Å². The summed E-state index contributed by atoms with van der Waals surface area (Å²) >= 11 is 3.72. The molecule has 0 spiro atoms. The number of hydrogen-bond donors (Lipinski definition) is 1. The van der Waals surface area contributed by atoms with Crippen LogP contribution in [0.3, 0.4) is 0 Å². The normalized spacial score (nSPS) is 19.0. The SMILES string of the molecule is CCCNCc1ccc(N2CCCC(COC)C2)cc1Br. The molecular weight excluding hydrogens is 328 g/mol. The molecule has 0 radical (unpaired) electrons. The van der Waals surface area contributed by atoms with Gasteiger partial charge in [-0.2, -0.15) is 0 Å². The van der Waals surface area contributed by atoms with E-state index in [1.54, 1.807) is 7.11 Å². The van der Waals surface area contributed by atoms with E-state index >= 15 is 0 Å². The predicted octanol–water partition coefficient (Wildman–Crippen LogP) is 3.81. The molecule has 1 unspecified atom stereocenters. The number of nitrogens with zero attached hydrogens (tertiary/aromatic N) is 1. The Kier molecular flexibility index (Phi) is 7.00. The fraction of sp³-hybridized carbons (Fsp3) is 0.647. The minimum atomic E-state index is 0.661. The molecule has 118 valence electrons. The third kappa shape index (κ3) is 4.97. The van der Waals surface area contributed by atoms with Gasteiger partial charge in [0.25, 0.3) is 0 Å². The van der Waals surface area contributed by atoms with Crippen LogP contribution >= 0.6 is 15.9 Å². The zero-order valence-electron chi connectivity index (χ0n) is 13.2. The Morgan fingerprint density at radius 3 is 3.00 bits per heavy atom. The molecular formula is C17H27BrN2O. The number of rotatable bonds is 7. The quantitative estimate of drug-likeness (QED) is 0.753. The third-order valence-corrected chi connectivity index (χ3v) is 4.80. The largest absolute Gasteiger partial charge is 0.384 e. The molecule has 1 aliphatic heterocycles. The maximum Gasteiger partial charge on any atom is 0.0507 e. The fourth-order valence-electron chi connectivity index (χ4n) is 2.95. The van der Waals surface area contributed by atoms with Gasteiger partial charge < -0.3 is 15.0 Å². The molecule has 0 saturated carbocycles. The molecule has 0 bridgehead atoms. The molecule has 1 aromatic rings. The molecule has 0 aliphatic carbocycles. The zero-order chi connectivity index (χ0) is 15.1. The van der Waals surface area contributed by atoms with E-state index in [9.17, 15) is 0 Å². The van der Waals surface area contributed by atoms with Crippen molar-refractivity contribution in [2.24, 2.45) is 5.92 Å². The number of ether oxygens (including phenoxy) is 1. The Balaban J connectivity index is 1.98. The Morgan fingerprint density at radius 1 is 1.43 bits per heavy atom. The van der Waals surface area contributed by atoms with E-state index in [0.717, 1.165) is 32.8 Å². The lowest BCUT2D eigenvalue weighted by atomic mass is 9.98. The topological polar surface area (TPSA) is 24.5 Å². The molecule has 0 aromatic heterocycles. The van der Waals surface area contributed by atoms with Crippen LogP contribution in [0, 0.1) is 5.92 Å². The predicted molar refractivity (Wildman–Crippen MR) is 93.0 cm³/mol. The van der Waals surface area contributed by atoms with Crippen molar-refractivity contribution in [2.75, 3.05) is 38.3 Å². The molecule has 1 saturated heterocycles. The van der Waals surface area contributed by atoms with Crippen LogP contribution < -0.4 is 10.2 Å². The lowest BCUT2D eigenvalue weighted by Gasteiger charge is -2.34. The minimum absolute atomic E-state index is 0.661. The third-order valence-electron chi connectivity index (χ3n) is 4.07. The highest BCUT2D eigenvalue weighted by Gasteiger charge is 2.20. The molecule has 0 amide bonds. The van der Waals surface area contributed by atoms with E-state index in [2.05, 4.69) is 51.3 Å². The molecule has 1 fully saturated rings. The Bertz CT molecular complexity index is 437. The van der Waals surface area contributed by atoms with Crippen molar-refractivity contribution in [3.8, 4) is 0 Å². The number of nitrogens with one attached hydrogen (secondary N) is 1. The van der Waals surface area contributed by atoms with E-state index in [4.69, 9.17) is 4.74 Å². The first-order valence-corrected chi connectivity index (χ1v) is 8.77. The molecule has 1 aromatic carbocycles. The second-order valence-corrected chi connectivity index (χ2v) is 6.72. The van der Waals surface area contributed by atoms with Gasteiger partial charge in [0.1, 0.15) is 0 Å². The second-order valence-electron chi connectivity index (χ2n) is 5.86. The van der Waals surface area contributed by atoms with Gasteiger partial charge in [-0.25, -0.2) is 0 Å². The molecule has 4 heteroatoms. The molecule has 2 rings (SSSR count). The van der Waals surface area contributed by atoms with Crippen LogP contribution in [0.2, 0.25) is 0 Å². The van der Waals surface area contributed by atoms with E-state index in [1.165, 1.54) is 35.0 Å². The highest BCUT2D eigenvalue weighted by Crippen LogP contribution is 2.28. The van der Waals surface area contributed by atoms with Gasteiger partial charge in [-0.15, -0.1) is 0 Å². The van der Waals surface area contributed by atoms with E-state index < -0.39 is 0 Å². The number of anilines is 1. The van der Waals surface area contributed by atoms with Crippen molar-refractivity contribution in [3.63, 3.8) is 0 Å². The van der Waals surface area contributed by atoms with Crippen LogP contribution in [0.4, 0.5) is 5.69 Å². The van der Waals surface area contributed by atoms with Crippen molar-refractivity contribution in [2.45, 2.75) is 32.7 Å². The molecule has 1 heterocycles. The first-order chi connectivity index (χ1) is 10.2. The van der Waals surface area contributed by atoms with Gasteiger partial charge in [-0.05, 0) is 49.4 Å². The van der Waals surface area contributed by atoms with Crippen LogP contribution in [-0.4, -0.2) is 33.4 Å². The van der Waals surface area contributed by atoms with Crippen LogP contribution in [-0.2, 0) is 11.3 Å². The van der Waals surface area contributed by atoms with Gasteiger partial charge in [-0.1, -0.05) is 28.9 Å². The summed E-state index contributed by atoms with van der Waals surface area (Å²) in [5, 5.41) is 3.45. The first kappa shape index (κ1) is 16.8. The second kappa shape index (κ2) is 8.76. The zero-order valence-corrected chi connectivity index (χ0v) is 14.8. The van der Waals surface area contributed by atoms with Crippen molar-refractivity contribution < 1.29 is 4.74 Å². The van der Waals surface area contributed by atoms with Crippen LogP contribution in [0.1, 0.15) is 31.7 Å². The summed E-state index contributed by atoms with van der Waals surface area (Å²) in [6.45, 7) is 7.32. The smallest absolute Gasteiger partial charge is 0.0507 e. The average Bonchev–Trinajstić information content (AvgIpc) is 2.50. The summed E-state index contributed by atoms with van der Waals surface area (Å²) in [6, 6.07) is 6.75. The van der Waals surface area contributed by atoms with Gasteiger partial charge in [-0.3, -0.25) is 0 Å². The van der Waals surface area contributed by atoms with Gasteiger partial charge in [0.05, 0.1) is 6.61 Å². The number of benzene rings is 1. The van der Waals surface area contributed by atoms with E-state index in [0.29, 0.717) is 5.92 Å². The van der Waals surface area contributed by atoms with Crippen molar-refractivity contribution in [3.05, 3.63) is 28.2 Å². The van der Waals surface area contributed by atoms with Gasteiger partial charge in [0, 0.05) is 36.9 Å². The van der Waals surface area contributed by atoms with Crippen molar-refractivity contribution >= 4 is 21.6 Å². The average molecular weight is 355 g/mol. The summed E-state index contributed by atoms with van der Waals surface area (Å²) in [7, 11) is 1.80. The van der Waals surface area contributed by atoms with Crippen LogP contribution in [0.5, 0.6) is 0 Å². The number of piperidine rings is 1. The van der Waals surface area contributed by atoms with Crippen LogP contribution in [0.25, 0.3) is 0 Å². The first-order valence-electron chi connectivity index (χ1n) is 7.97. The van der Waals surface area contributed by atoms with Gasteiger partial charge >= 0.3 is 0 Å².